The molecule has 0 saturated heterocycles. The zero-order valence-electron chi connectivity index (χ0n) is 11.3. The summed E-state index contributed by atoms with van der Waals surface area (Å²) in [7, 11) is 0. The van der Waals surface area contributed by atoms with Crippen molar-refractivity contribution >= 4 is 17.2 Å². The van der Waals surface area contributed by atoms with Crippen molar-refractivity contribution in [3.63, 3.8) is 0 Å². The smallest absolute Gasteiger partial charge is 0.238 e. The summed E-state index contributed by atoms with van der Waals surface area (Å²) in [5.41, 5.74) is 2.54. The number of rotatable bonds is 3. The highest BCUT2D eigenvalue weighted by atomic mass is 32.1. The summed E-state index contributed by atoms with van der Waals surface area (Å²) in [5, 5.41) is 9.19. The van der Waals surface area contributed by atoms with Gasteiger partial charge in [-0.25, -0.2) is 4.98 Å². The molecular formula is C15H17N3OS. The van der Waals surface area contributed by atoms with Gasteiger partial charge in [-0.05, 0) is 24.5 Å². The van der Waals surface area contributed by atoms with Gasteiger partial charge in [-0.2, -0.15) is 0 Å². The number of fused-ring (bicyclic) bond motifs is 1. The van der Waals surface area contributed by atoms with Crippen LogP contribution in [0.3, 0.4) is 0 Å². The van der Waals surface area contributed by atoms with E-state index in [1.165, 1.54) is 11.1 Å². The molecule has 4 nitrogen and oxygen atoms in total. The lowest BCUT2D eigenvalue weighted by molar-refractivity contribution is -0.124. The molecule has 2 heterocycles. The Labute approximate surface area is 122 Å². The molecule has 1 unspecified atom stereocenters. The fourth-order valence-electron chi connectivity index (χ4n) is 2.46. The van der Waals surface area contributed by atoms with Crippen molar-refractivity contribution in [2.24, 2.45) is 0 Å². The molecule has 0 saturated carbocycles. The zero-order chi connectivity index (χ0) is 13.9. The molecule has 1 aliphatic rings. The lowest BCUT2D eigenvalue weighted by Gasteiger charge is -2.26. The predicted octanol–water partition coefficient (Wildman–Crippen LogP) is 2.03. The van der Waals surface area contributed by atoms with E-state index >= 15 is 0 Å². The first-order chi connectivity index (χ1) is 9.74. The Hall–Kier alpha value is -1.72. The number of nitrogens with one attached hydrogen (secondary N) is 2. The van der Waals surface area contributed by atoms with Gasteiger partial charge in [0.05, 0.1) is 12.1 Å². The molecule has 5 heteroatoms. The zero-order valence-corrected chi connectivity index (χ0v) is 12.1. The average Bonchev–Trinajstić information content (AvgIpc) is 3.01. The maximum Gasteiger partial charge on any atom is 0.238 e. The Bertz CT molecular complexity index is 597. The van der Waals surface area contributed by atoms with Crippen LogP contribution < -0.4 is 10.6 Å². The Kier molecular flexibility index (Phi) is 3.80. The van der Waals surface area contributed by atoms with Crippen molar-refractivity contribution in [2.75, 3.05) is 0 Å². The number of benzene rings is 1. The van der Waals surface area contributed by atoms with Crippen molar-refractivity contribution in [1.29, 1.82) is 0 Å². The van der Waals surface area contributed by atoms with Crippen LogP contribution in [0.15, 0.2) is 35.8 Å². The van der Waals surface area contributed by atoms with Gasteiger partial charge in [0, 0.05) is 18.1 Å². The number of nitrogens with zero attached hydrogens (tertiary/aromatic N) is 1. The molecule has 0 radical (unpaired) electrons. The Morgan fingerprint density at radius 2 is 2.25 bits per heavy atom. The van der Waals surface area contributed by atoms with E-state index in [0.717, 1.165) is 18.0 Å². The molecule has 2 N–H and O–H groups in total. The van der Waals surface area contributed by atoms with Gasteiger partial charge in [0.15, 0.2) is 0 Å². The predicted molar refractivity (Wildman–Crippen MR) is 79.4 cm³/mol. The third-order valence-electron chi connectivity index (χ3n) is 3.58. The van der Waals surface area contributed by atoms with E-state index in [4.69, 9.17) is 0 Å². The maximum absolute atomic E-state index is 12.3. The number of hydrogen-bond donors (Lipinski definition) is 2. The number of thiazole rings is 1. The minimum Gasteiger partial charge on any atom is -0.346 e. The van der Waals surface area contributed by atoms with Gasteiger partial charge < -0.3 is 10.6 Å². The van der Waals surface area contributed by atoms with Crippen LogP contribution in [-0.4, -0.2) is 16.9 Å². The number of carbonyl (C=O) groups excluding carboxylic acids is 1. The van der Waals surface area contributed by atoms with Gasteiger partial charge in [-0.15, -0.1) is 11.3 Å². The van der Waals surface area contributed by atoms with Gasteiger partial charge in [0.1, 0.15) is 5.01 Å². The number of carbonyl (C=O) groups is 1. The van der Waals surface area contributed by atoms with Crippen molar-refractivity contribution in [1.82, 2.24) is 15.6 Å². The molecule has 1 aromatic heterocycles. The van der Waals surface area contributed by atoms with Crippen LogP contribution in [0.1, 0.15) is 29.1 Å². The summed E-state index contributed by atoms with van der Waals surface area (Å²) in [6.45, 7) is 2.72. The number of aromatic nitrogens is 1. The molecular weight excluding hydrogens is 270 g/mol. The fourth-order valence-corrected chi connectivity index (χ4v) is 3.11. The fraction of sp³-hybridized carbons (Fsp3) is 0.333. The van der Waals surface area contributed by atoms with Crippen LogP contribution in [0, 0.1) is 0 Å². The Balaban J connectivity index is 1.64. The van der Waals surface area contributed by atoms with Crippen LogP contribution >= 0.6 is 11.3 Å². The van der Waals surface area contributed by atoms with E-state index in [-0.39, 0.29) is 18.0 Å². The summed E-state index contributed by atoms with van der Waals surface area (Å²) in [4.78, 5) is 16.6. The van der Waals surface area contributed by atoms with Gasteiger partial charge in [-0.1, -0.05) is 24.3 Å². The van der Waals surface area contributed by atoms with Crippen LogP contribution in [-0.2, 0) is 17.8 Å². The highest BCUT2D eigenvalue weighted by Gasteiger charge is 2.25. The van der Waals surface area contributed by atoms with Crippen molar-refractivity contribution in [3.05, 3.63) is 52.0 Å². The molecule has 0 spiro atoms. The second-order valence-corrected chi connectivity index (χ2v) is 5.93. The standard InChI is InChI=1S/C15H17N3OS/c1-10(15-16-6-7-20-15)18-14(19)13-8-11-4-2-3-5-12(11)9-17-13/h2-7,10,13,17H,8-9H2,1H3,(H,18,19)/t10?,13-/m0/s1. The molecule has 1 aromatic carbocycles. The second-order valence-electron chi connectivity index (χ2n) is 5.01. The van der Waals surface area contributed by atoms with Crippen LogP contribution in [0.2, 0.25) is 0 Å². The molecule has 3 rings (SSSR count). The van der Waals surface area contributed by atoms with Crippen LogP contribution in [0.25, 0.3) is 0 Å². The molecule has 1 aliphatic heterocycles. The molecule has 20 heavy (non-hydrogen) atoms. The van der Waals surface area contributed by atoms with E-state index in [1.54, 1.807) is 17.5 Å². The first-order valence-electron chi connectivity index (χ1n) is 6.74. The third-order valence-corrected chi connectivity index (χ3v) is 4.54. The van der Waals surface area contributed by atoms with Gasteiger partial charge in [0.2, 0.25) is 5.91 Å². The van der Waals surface area contributed by atoms with E-state index < -0.39 is 0 Å². The summed E-state index contributed by atoms with van der Waals surface area (Å²) in [5.74, 6) is 0.0437. The van der Waals surface area contributed by atoms with Gasteiger partial charge >= 0.3 is 0 Å². The highest BCUT2D eigenvalue weighted by Crippen LogP contribution is 2.18. The first kappa shape index (κ1) is 13.3. The Morgan fingerprint density at radius 3 is 3.00 bits per heavy atom. The normalized spacial score (nSPS) is 19.1. The van der Waals surface area contributed by atoms with E-state index in [2.05, 4.69) is 27.8 Å². The van der Waals surface area contributed by atoms with Gasteiger partial charge in [0.25, 0.3) is 0 Å². The van der Waals surface area contributed by atoms with E-state index in [0.29, 0.717) is 0 Å². The molecule has 2 atom stereocenters. The van der Waals surface area contributed by atoms with Crippen LogP contribution in [0.5, 0.6) is 0 Å². The van der Waals surface area contributed by atoms with Gasteiger partial charge in [-0.3, -0.25) is 4.79 Å². The van der Waals surface area contributed by atoms with Crippen LogP contribution in [0.4, 0.5) is 0 Å². The summed E-state index contributed by atoms with van der Waals surface area (Å²) in [6, 6.07) is 8.06. The molecule has 0 fully saturated rings. The van der Waals surface area contributed by atoms with E-state index in [1.807, 2.05) is 24.4 Å². The molecule has 1 amide bonds. The molecule has 2 aromatic rings. The summed E-state index contributed by atoms with van der Waals surface area (Å²) < 4.78 is 0. The minimum absolute atomic E-state index is 0.0403. The second kappa shape index (κ2) is 5.73. The molecule has 104 valence electrons. The number of amides is 1. The summed E-state index contributed by atoms with van der Waals surface area (Å²) in [6.07, 6.45) is 2.50. The monoisotopic (exact) mass is 287 g/mol. The average molecular weight is 287 g/mol. The largest absolute Gasteiger partial charge is 0.346 e. The lowest BCUT2D eigenvalue weighted by Crippen LogP contribution is -2.48. The minimum atomic E-state index is -0.160. The topological polar surface area (TPSA) is 54.0 Å². The van der Waals surface area contributed by atoms with Crippen molar-refractivity contribution < 1.29 is 4.79 Å². The molecule has 0 aliphatic carbocycles. The van der Waals surface area contributed by atoms with Crippen molar-refractivity contribution in [3.8, 4) is 0 Å². The lowest BCUT2D eigenvalue weighted by atomic mass is 9.95. The first-order valence-corrected chi connectivity index (χ1v) is 7.62. The SMILES string of the molecule is CC(NC(=O)[C@@H]1Cc2ccccc2CN1)c1nccs1. The van der Waals surface area contributed by atoms with E-state index in [9.17, 15) is 4.79 Å². The van der Waals surface area contributed by atoms with Crippen molar-refractivity contribution in [2.45, 2.75) is 32.0 Å². The quantitative estimate of drug-likeness (QED) is 0.908. The third kappa shape index (κ3) is 2.73. The highest BCUT2D eigenvalue weighted by molar-refractivity contribution is 7.09. The Morgan fingerprint density at radius 1 is 1.45 bits per heavy atom. The summed E-state index contributed by atoms with van der Waals surface area (Å²) >= 11 is 1.56. The maximum atomic E-state index is 12.3. The molecule has 0 bridgehead atoms. The number of hydrogen-bond acceptors (Lipinski definition) is 4.